The number of carbonyl (C=O) groups excluding carboxylic acids is 1. The second-order valence-corrected chi connectivity index (χ2v) is 12.3. The van der Waals surface area contributed by atoms with Gasteiger partial charge in [-0.25, -0.2) is 0 Å². The molecular weight excluding hydrogens is 492 g/mol. The van der Waals surface area contributed by atoms with E-state index in [-0.39, 0.29) is 23.7 Å². The lowest BCUT2D eigenvalue weighted by Crippen LogP contribution is -2.78. The Morgan fingerprint density at radius 1 is 1.10 bits per heavy atom. The average Bonchev–Trinajstić information content (AvgIpc) is 3.69. The number of ether oxygens (including phenoxy) is 2. The van der Waals surface area contributed by atoms with Crippen molar-refractivity contribution in [2.75, 3.05) is 20.2 Å². The minimum Gasteiger partial charge on any atom is -0.504 e. The first-order chi connectivity index (χ1) is 18.9. The Hall–Kier alpha value is -3.29. The van der Waals surface area contributed by atoms with Crippen molar-refractivity contribution < 1.29 is 24.5 Å². The topological polar surface area (TPSA) is 91.3 Å². The number of nitrogens with zero attached hydrogens (tertiary/aromatic N) is 1. The third-order valence-electron chi connectivity index (χ3n) is 10.4. The van der Waals surface area contributed by atoms with E-state index in [0.717, 1.165) is 59.5 Å². The number of phenolic OH excluding ortho intramolecular Hbond substituents is 1. The van der Waals surface area contributed by atoms with Crippen molar-refractivity contribution in [1.29, 1.82) is 0 Å². The van der Waals surface area contributed by atoms with Crippen molar-refractivity contribution in [3.63, 3.8) is 0 Å². The molecule has 1 spiro atoms. The van der Waals surface area contributed by atoms with E-state index < -0.39 is 17.1 Å². The summed E-state index contributed by atoms with van der Waals surface area (Å²) in [4.78, 5) is 16.1. The van der Waals surface area contributed by atoms with Crippen molar-refractivity contribution in [1.82, 2.24) is 10.2 Å². The number of methoxy groups -OCH3 is 1. The molecule has 0 radical (unpaired) electrons. The third kappa shape index (κ3) is 3.20. The number of piperidine rings is 1. The number of nitrogens with one attached hydrogen (secondary N) is 1. The lowest BCUT2D eigenvalue weighted by molar-refractivity contribution is -0.191. The quantitative estimate of drug-likeness (QED) is 0.467. The Morgan fingerprint density at radius 2 is 1.92 bits per heavy atom. The molecule has 8 rings (SSSR count). The molecule has 3 aromatic carbocycles. The molecule has 2 heterocycles. The number of amides is 1. The number of phenols is 1. The molecule has 3 aliphatic carbocycles. The van der Waals surface area contributed by atoms with E-state index in [1.54, 1.807) is 13.2 Å². The number of aliphatic hydroxyl groups is 1. The van der Waals surface area contributed by atoms with Gasteiger partial charge in [-0.15, -0.1) is 0 Å². The van der Waals surface area contributed by atoms with Crippen molar-refractivity contribution in [3.8, 4) is 17.2 Å². The number of aromatic hydroxyl groups is 1. The van der Waals surface area contributed by atoms with Crippen LogP contribution in [0.15, 0.2) is 48.5 Å². The van der Waals surface area contributed by atoms with E-state index in [2.05, 4.69) is 10.2 Å². The standard InChI is InChI=1S/C32H34N2O5/c1-38-23-8-6-19-14-22(5-4-20(19)15-23)30(36)33-24-10-11-32(37)26-16-21-7-9-25(35)28-27(21)31(32,29(24)39-28)12-13-34(26)17-18-2-3-18/h4-9,14-15,18,24,26,29,35,37H,2-3,10-13,16-17H2,1H3,(H,33,36)/t24-,26-,29+,31+,32-/m1/s1. The largest absolute Gasteiger partial charge is 0.504 e. The molecule has 0 aromatic heterocycles. The summed E-state index contributed by atoms with van der Waals surface area (Å²) < 4.78 is 11.9. The minimum absolute atomic E-state index is 0.0232. The summed E-state index contributed by atoms with van der Waals surface area (Å²) in [5.41, 5.74) is 1.13. The SMILES string of the molecule is COc1ccc2cc(C(=O)N[C@@H]3CC[C@@]4(O)[C@H]5Cc6ccc(O)c7c6[C@@]4(CCN5CC4CC4)[C@H]3O7)ccc2c1. The smallest absolute Gasteiger partial charge is 0.251 e. The van der Waals surface area contributed by atoms with Gasteiger partial charge in [0.2, 0.25) is 0 Å². The number of fused-ring (bicyclic) bond motifs is 1. The summed E-state index contributed by atoms with van der Waals surface area (Å²) in [5, 5.41) is 28.7. The van der Waals surface area contributed by atoms with Crippen LogP contribution < -0.4 is 14.8 Å². The summed E-state index contributed by atoms with van der Waals surface area (Å²) in [7, 11) is 1.64. The number of rotatable bonds is 5. The first kappa shape index (κ1) is 23.6. The Labute approximate surface area is 227 Å². The summed E-state index contributed by atoms with van der Waals surface area (Å²) in [6, 6.07) is 15.0. The van der Waals surface area contributed by atoms with Gasteiger partial charge in [-0.3, -0.25) is 9.69 Å². The van der Waals surface area contributed by atoms with Crippen LogP contribution in [0.2, 0.25) is 0 Å². The van der Waals surface area contributed by atoms with Gasteiger partial charge >= 0.3 is 0 Å². The zero-order valence-electron chi connectivity index (χ0n) is 22.2. The normalized spacial score (nSPS) is 32.4. The van der Waals surface area contributed by atoms with Crippen molar-refractivity contribution in [2.45, 2.75) is 67.7 Å². The van der Waals surface area contributed by atoms with E-state index in [4.69, 9.17) is 9.47 Å². The zero-order chi connectivity index (χ0) is 26.5. The lowest BCUT2D eigenvalue weighted by Gasteiger charge is -2.64. The predicted molar refractivity (Wildman–Crippen MR) is 147 cm³/mol. The summed E-state index contributed by atoms with van der Waals surface area (Å²) in [6.45, 7) is 1.94. The van der Waals surface area contributed by atoms with Gasteiger partial charge in [0.05, 0.1) is 24.2 Å². The van der Waals surface area contributed by atoms with Crippen molar-refractivity contribution >= 4 is 16.7 Å². The Bertz CT molecular complexity index is 1520. The van der Waals surface area contributed by atoms with Crippen molar-refractivity contribution in [3.05, 3.63) is 65.2 Å². The molecule has 1 saturated heterocycles. The van der Waals surface area contributed by atoms with Crippen LogP contribution in [0.5, 0.6) is 17.2 Å². The first-order valence-corrected chi connectivity index (χ1v) is 14.3. The number of benzene rings is 3. The van der Waals surface area contributed by atoms with Crippen LogP contribution in [-0.2, 0) is 11.8 Å². The lowest BCUT2D eigenvalue weighted by atomic mass is 9.48. The molecule has 7 nitrogen and oxygen atoms in total. The fourth-order valence-corrected chi connectivity index (χ4v) is 8.37. The maximum atomic E-state index is 13.6. The molecule has 3 fully saturated rings. The van der Waals surface area contributed by atoms with Gasteiger partial charge in [-0.05, 0) is 97.7 Å². The monoisotopic (exact) mass is 526 g/mol. The fourth-order valence-electron chi connectivity index (χ4n) is 8.37. The van der Waals surface area contributed by atoms with Crippen LogP contribution in [0.3, 0.4) is 0 Å². The van der Waals surface area contributed by atoms with E-state index in [0.29, 0.717) is 24.2 Å². The Morgan fingerprint density at radius 3 is 2.74 bits per heavy atom. The van der Waals surface area contributed by atoms with E-state index >= 15 is 0 Å². The number of hydrogen-bond donors (Lipinski definition) is 3. The number of hydrogen-bond acceptors (Lipinski definition) is 6. The maximum Gasteiger partial charge on any atom is 0.251 e. The van der Waals surface area contributed by atoms with Gasteiger partial charge in [0, 0.05) is 23.7 Å². The second kappa shape index (κ2) is 8.12. The average molecular weight is 527 g/mol. The molecule has 2 bridgehead atoms. The maximum absolute atomic E-state index is 13.6. The molecule has 3 aromatic rings. The van der Waals surface area contributed by atoms with Crippen LogP contribution in [0.4, 0.5) is 0 Å². The zero-order valence-corrected chi connectivity index (χ0v) is 22.2. The van der Waals surface area contributed by atoms with E-state index in [1.807, 2.05) is 42.5 Å². The van der Waals surface area contributed by atoms with Crippen LogP contribution >= 0.6 is 0 Å². The van der Waals surface area contributed by atoms with E-state index in [1.165, 1.54) is 12.8 Å². The highest BCUT2D eigenvalue weighted by atomic mass is 16.5. The molecule has 5 atom stereocenters. The summed E-state index contributed by atoms with van der Waals surface area (Å²) >= 11 is 0. The van der Waals surface area contributed by atoms with E-state index in [9.17, 15) is 15.0 Å². The first-order valence-electron chi connectivity index (χ1n) is 14.3. The molecule has 7 heteroatoms. The van der Waals surface area contributed by atoms with Crippen LogP contribution in [-0.4, -0.2) is 65.0 Å². The minimum atomic E-state index is -0.958. The molecule has 1 amide bonds. The molecule has 202 valence electrons. The van der Waals surface area contributed by atoms with Gasteiger partial charge in [0.15, 0.2) is 11.5 Å². The van der Waals surface area contributed by atoms with Crippen LogP contribution in [0.25, 0.3) is 10.8 Å². The van der Waals surface area contributed by atoms with Crippen molar-refractivity contribution in [2.24, 2.45) is 5.92 Å². The highest BCUT2D eigenvalue weighted by Gasteiger charge is 2.73. The van der Waals surface area contributed by atoms with Crippen LogP contribution in [0, 0.1) is 5.92 Å². The number of carbonyl (C=O) groups is 1. The van der Waals surface area contributed by atoms with Gasteiger partial charge in [-0.2, -0.15) is 0 Å². The van der Waals surface area contributed by atoms with Gasteiger partial charge < -0.3 is 25.0 Å². The molecule has 2 saturated carbocycles. The fraction of sp³-hybridized carbons (Fsp3) is 0.469. The molecular formula is C32H34N2O5. The van der Waals surface area contributed by atoms with Gasteiger partial charge in [0.1, 0.15) is 11.9 Å². The number of likely N-dealkylation sites (tertiary alicyclic amines) is 1. The van der Waals surface area contributed by atoms with Gasteiger partial charge in [0.25, 0.3) is 5.91 Å². The highest BCUT2D eigenvalue weighted by Crippen LogP contribution is 2.65. The summed E-state index contributed by atoms with van der Waals surface area (Å²) in [6.07, 6.45) is 4.87. The highest BCUT2D eigenvalue weighted by molar-refractivity contribution is 5.99. The second-order valence-electron chi connectivity index (χ2n) is 12.3. The molecule has 5 aliphatic rings. The molecule has 39 heavy (non-hydrogen) atoms. The van der Waals surface area contributed by atoms with Crippen LogP contribution in [0.1, 0.15) is 53.6 Å². The molecule has 0 unspecified atom stereocenters. The Balaban J connectivity index is 1.15. The third-order valence-corrected chi connectivity index (χ3v) is 10.4. The molecule has 3 N–H and O–H groups in total. The predicted octanol–water partition coefficient (Wildman–Crippen LogP) is 3.92. The Kier molecular flexibility index (Phi) is 4.91. The molecule has 2 aliphatic heterocycles. The van der Waals surface area contributed by atoms with Gasteiger partial charge in [-0.1, -0.05) is 18.2 Å². The summed E-state index contributed by atoms with van der Waals surface area (Å²) in [5.74, 6) is 2.00.